The van der Waals surface area contributed by atoms with Crippen LogP contribution < -0.4 is 20.5 Å². The van der Waals surface area contributed by atoms with Crippen LogP contribution in [0.15, 0.2) is 53.5 Å². The van der Waals surface area contributed by atoms with Crippen LogP contribution in [0, 0.1) is 0 Å². The summed E-state index contributed by atoms with van der Waals surface area (Å²) in [6.07, 6.45) is -4.80. The second-order valence-corrected chi connectivity index (χ2v) is 6.13. The maximum absolute atomic E-state index is 12.5. The predicted molar refractivity (Wildman–Crippen MR) is 103 cm³/mol. The van der Waals surface area contributed by atoms with Gasteiger partial charge in [0.1, 0.15) is 12.4 Å². The number of nitrogens with zero attached hydrogens (tertiary/aromatic N) is 2. The summed E-state index contributed by atoms with van der Waals surface area (Å²) in [6, 6.07) is 13.0. The van der Waals surface area contributed by atoms with Gasteiger partial charge in [0.05, 0.1) is 12.2 Å². The third-order valence-electron chi connectivity index (χ3n) is 3.56. The van der Waals surface area contributed by atoms with Crippen molar-refractivity contribution in [2.24, 2.45) is 10.7 Å². The summed E-state index contributed by atoms with van der Waals surface area (Å²) in [6.45, 7) is 1.49. The number of para-hydroxylation sites is 3. The number of anilines is 1. The van der Waals surface area contributed by atoms with Crippen LogP contribution in [0.1, 0.15) is 5.56 Å². The fourth-order valence-electron chi connectivity index (χ4n) is 2.24. The first kappa shape index (κ1) is 21.4. The lowest BCUT2D eigenvalue weighted by atomic mass is 10.2. The molecule has 3 N–H and O–H groups in total. The number of rotatable bonds is 8. The molecule has 0 saturated heterocycles. The number of hydrogen-bond donors (Lipinski definition) is 2. The number of benzene rings is 2. The van der Waals surface area contributed by atoms with Crippen LogP contribution in [-0.4, -0.2) is 44.5 Å². The average Bonchev–Trinajstić information content (AvgIpc) is 2.61. The number of hydrogen-bond acceptors (Lipinski definition) is 4. The third-order valence-corrected chi connectivity index (χ3v) is 3.56. The topological polar surface area (TPSA) is 72.1 Å². The monoisotopic (exact) mass is 396 g/mol. The minimum atomic E-state index is -4.80. The average molecular weight is 396 g/mol. The highest BCUT2D eigenvalue weighted by Gasteiger charge is 2.32. The molecule has 6 nitrogen and oxygen atoms in total. The number of halogens is 3. The first-order valence-electron chi connectivity index (χ1n) is 8.52. The molecule has 2 aromatic carbocycles. The summed E-state index contributed by atoms with van der Waals surface area (Å²) in [7, 11) is 3.90. The van der Waals surface area contributed by atoms with Crippen molar-refractivity contribution >= 4 is 11.6 Å². The molecular formula is C19H23F3N4O2. The summed E-state index contributed by atoms with van der Waals surface area (Å²) in [5.74, 6) is 0.253. The second kappa shape index (κ2) is 9.84. The van der Waals surface area contributed by atoms with E-state index in [1.165, 1.54) is 18.2 Å². The van der Waals surface area contributed by atoms with E-state index in [0.29, 0.717) is 12.4 Å². The molecule has 2 aromatic rings. The summed E-state index contributed by atoms with van der Waals surface area (Å²) in [5, 5.41) is 2.64. The second-order valence-electron chi connectivity index (χ2n) is 6.13. The molecule has 0 aromatic heterocycles. The Morgan fingerprint density at radius 3 is 2.39 bits per heavy atom. The van der Waals surface area contributed by atoms with Crippen LogP contribution in [0.2, 0.25) is 0 Å². The van der Waals surface area contributed by atoms with Gasteiger partial charge in [-0.3, -0.25) is 0 Å². The van der Waals surface area contributed by atoms with Gasteiger partial charge in [-0.25, -0.2) is 4.99 Å². The number of likely N-dealkylation sites (N-methyl/N-ethyl adjacent to an activating group) is 1. The minimum Gasteiger partial charge on any atom is -0.492 e. The van der Waals surface area contributed by atoms with Gasteiger partial charge >= 0.3 is 6.36 Å². The van der Waals surface area contributed by atoms with E-state index in [4.69, 9.17) is 10.5 Å². The number of nitrogens with two attached hydrogens (primary N) is 1. The lowest BCUT2D eigenvalue weighted by Gasteiger charge is -2.15. The van der Waals surface area contributed by atoms with Gasteiger partial charge in [0.2, 0.25) is 0 Å². The van der Waals surface area contributed by atoms with Gasteiger partial charge in [0.15, 0.2) is 11.7 Å². The normalized spacial score (nSPS) is 12.1. The van der Waals surface area contributed by atoms with Crippen LogP contribution in [0.5, 0.6) is 11.5 Å². The molecule has 0 radical (unpaired) electrons. The van der Waals surface area contributed by atoms with E-state index in [1.807, 2.05) is 43.3 Å². The zero-order valence-electron chi connectivity index (χ0n) is 15.7. The van der Waals surface area contributed by atoms with Crippen molar-refractivity contribution in [1.82, 2.24) is 4.90 Å². The SMILES string of the molecule is CN(C)CCOc1ccccc1CN=C(N)Nc1ccccc1OC(F)(F)F. The number of aliphatic imine (C=N–C) groups is 1. The van der Waals surface area contributed by atoms with Crippen molar-refractivity contribution in [3.63, 3.8) is 0 Å². The summed E-state index contributed by atoms with van der Waals surface area (Å²) < 4.78 is 47.2. The molecule has 0 atom stereocenters. The zero-order valence-corrected chi connectivity index (χ0v) is 15.7. The number of ether oxygens (including phenoxy) is 2. The predicted octanol–water partition coefficient (Wildman–Crippen LogP) is 3.45. The summed E-state index contributed by atoms with van der Waals surface area (Å²) in [4.78, 5) is 6.19. The van der Waals surface area contributed by atoms with Crippen molar-refractivity contribution in [1.29, 1.82) is 0 Å². The Balaban J connectivity index is 2.04. The molecule has 9 heteroatoms. The zero-order chi connectivity index (χ0) is 20.6. The Morgan fingerprint density at radius 1 is 1.07 bits per heavy atom. The van der Waals surface area contributed by atoms with Crippen LogP contribution >= 0.6 is 0 Å². The highest BCUT2D eigenvalue weighted by molar-refractivity contribution is 5.93. The van der Waals surface area contributed by atoms with Crippen molar-refractivity contribution in [2.75, 3.05) is 32.6 Å². The van der Waals surface area contributed by atoms with Crippen LogP contribution in [0.4, 0.5) is 18.9 Å². The van der Waals surface area contributed by atoms with E-state index in [2.05, 4.69) is 15.0 Å². The van der Waals surface area contributed by atoms with Gasteiger partial charge in [0, 0.05) is 12.1 Å². The highest BCUT2D eigenvalue weighted by atomic mass is 19.4. The molecule has 0 fully saturated rings. The fourth-order valence-corrected chi connectivity index (χ4v) is 2.24. The Hall–Kier alpha value is -2.94. The first-order valence-corrected chi connectivity index (χ1v) is 8.52. The van der Waals surface area contributed by atoms with E-state index in [9.17, 15) is 13.2 Å². The van der Waals surface area contributed by atoms with E-state index < -0.39 is 6.36 Å². The quantitative estimate of drug-likeness (QED) is 0.528. The molecule has 0 saturated carbocycles. The molecule has 152 valence electrons. The van der Waals surface area contributed by atoms with Gasteiger partial charge in [0.25, 0.3) is 0 Å². The van der Waals surface area contributed by atoms with Crippen LogP contribution in [0.3, 0.4) is 0 Å². The van der Waals surface area contributed by atoms with Crippen LogP contribution in [-0.2, 0) is 6.54 Å². The first-order chi connectivity index (χ1) is 13.2. The lowest BCUT2D eigenvalue weighted by Crippen LogP contribution is -2.24. The Labute approximate surface area is 161 Å². The summed E-state index contributed by atoms with van der Waals surface area (Å²) >= 11 is 0. The standard InChI is InChI=1S/C19H23F3N4O2/c1-26(2)11-12-27-16-9-5-3-7-14(16)13-24-18(23)25-15-8-4-6-10-17(15)28-19(20,21)22/h3-10H,11-13H2,1-2H3,(H3,23,24,25). The van der Waals surface area contributed by atoms with E-state index in [0.717, 1.165) is 12.1 Å². The van der Waals surface area contributed by atoms with Crippen LogP contribution in [0.25, 0.3) is 0 Å². The van der Waals surface area contributed by atoms with Crippen molar-refractivity contribution in [3.05, 3.63) is 54.1 Å². The Bertz CT molecular complexity index is 795. The molecule has 2 rings (SSSR count). The molecule has 0 aliphatic carbocycles. The third kappa shape index (κ3) is 7.36. The lowest BCUT2D eigenvalue weighted by molar-refractivity contribution is -0.274. The van der Waals surface area contributed by atoms with Gasteiger partial charge in [-0.2, -0.15) is 0 Å². The minimum absolute atomic E-state index is 0.0404. The number of alkyl halides is 3. The Morgan fingerprint density at radius 2 is 1.71 bits per heavy atom. The molecule has 0 spiro atoms. The molecule has 0 heterocycles. The van der Waals surface area contributed by atoms with Gasteiger partial charge in [-0.1, -0.05) is 30.3 Å². The van der Waals surface area contributed by atoms with Gasteiger partial charge in [-0.05, 0) is 32.3 Å². The molecule has 0 bridgehead atoms. The molecule has 0 aliphatic rings. The van der Waals surface area contributed by atoms with Gasteiger partial charge < -0.3 is 25.4 Å². The molecule has 0 unspecified atom stereocenters. The van der Waals surface area contributed by atoms with E-state index >= 15 is 0 Å². The maximum atomic E-state index is 12.5. The number of nitrogens with one attached hydrogen (secondary N) is 1. The molecule has 0 aliphatic heterocycles. The highest BCUT2D eigenvalue weighted by Crippen LogP contribution is 2.29. The molecule has 0 amide bonds. The Kier molecular flexibility index (Phi) is 7.51. The summed E-state index contributed by atoms with van der Waals surface area (Å²) in [5.41, 5.74) is 6.71. The van der Waals surface area contributed by atoms with E-state index in [-0.39, 0.29) is 23.9 Å². The smallest absolute Gasteiger partial charge is 0.492 e. The van der Waals surface area contributed by atoms with Crippen molar-refractivity contribution < 1.29 is 22.6 Å². The molecular weight excluding hydrogens is 373 g/mol. The van der Waals surface area contributed by atoms with E-state index in [1.54, 1.807) is 6.07 Å². The fraction of sp³-hybridized carbons (Fsp3) is 0.316. The molecule has 28 heavy (non-hydrogen) atoms. The largest absolute Gasteiger partial charge is 0.573 e. The van der Waals surface area contributed by atoms with Crippen molar-refractivity contribution in [2.45, 2.75) is 12.9 Å². The van der Waals surface area contributed by atoms with Gasteiger partial charge in [-0.15, -0.1) is 13.2 Å². The van der Waals surface area contributed by atoms with Crippen molar-refractivity contribution in [3.8, 4) is 11.5 Å². The number of guanidine groups is 1. The maximum Gasteiger partial charge on any atom is 0.573 e.